The number of aliphatic carboxylic acids is 1. The van der Waals surface area contributed by atoms with E-state index in [2.05, 4.69) is 6.58 Å². The van der Waals surface area contributed by atoms with Crippen molar-refractivity contribution in [3.63, 3.8) is 0 Å². The highest BCUT2D eigenvalue weighted by Crippen LogP contribution is 2.09. The minimum Gasteiger partial charge on any atom is -0.478 e. The minimum absolute atomic E-state index is 0.217. The van der Waals surface area contributed by atoms with Gasteiger partial charge in [0.25, 0.3) is 0 Å². The van der Waals surface area contributed by atoms with E-state index < -0.39 is 5.97 Å². The molecule has 18 heavy (non-hydrogen) atoms. The highest BCUT2D eigenvalue weighted by molar-refractivity contribution is 5.78. The van der Waals surface area contributed by atoms with Gasteiger partial charge in [0.05, 0.1) is 6.10 Å². The molecular formula is C13H26O5. The summed E-state index contributed by atoms with van der Waals surface area (Å²) >= 11 is 0. The van der Waals surface area contributed by atoms with Crippen LogP contribution in [-0.2, 0) is 4.79 Å². The first-order valence-corrected chi connectivity index (χ1v) is 6.33. The lowest BCUT2D eigenvalue weighted by Gasteiger charge is -2.08. The zero-order valence-electron chi connectivity index (χ0n) is 10.9. The highest BCUT2D eigenvalue weighted by atomic mass is 16.4. The van der Waals surface area contributed by atoms with Crippen LogP contribution >= 0.6 is 0 Å². The summed E-state index contributed by atoms with van der Waals surface area (Å²) in [6.45, 7) is 3.43. The zero-order chi connectivity index (χ0) is 14.2. The third-order valence-corrected chi connectivity index (χ3v) is 2.32. The van der Waals surface area contributed by atoms with Crippen molar-refractivity contribution in [1.82, 2.24) is 0 Å². The van der Waals surface area contributed by atoms with Crippen LogP contribution in [0.2, 0.25) is 0 Å². The van der Waals surface area contributed by atoms with Gasteiger partial charge in [-0.3, -0.25) is 0 Å². The summed E-state index contributed by atoms with van der Waals surface area (Å²) in [6.07, 6.45) is 6.74. The predicted octanol–water partition coefficient (Wildman–Crippen LogP) is 1.32. The fourth-order valence-electron chi connectivity index (χ4n) is 1.30. The Kier molecular flexibility index (Phi) is 17.4. The van der Waals surface area contributed by atoms with Crippen molar-refractivity contribution in [2.24, 2.45) is 0 Å². The second kappa shape index (κ2) is 16.1. The molecular weight excluding hydrogens is 236 g/mol. The van der Waals surface area contributed by atoms with E-state index in [1.807, 2.05) is 0 Å². The Morgan fingerprint density at radius 2 is 1.39 bits per heavy atom. The third-order valence-electron chi connectivity index (χ3n) is 2.32. The van der Waals surface area contributed by atoms with Gasteiger partial charge in [0.1, 0.15) is 0 Å². The zero-order valence-corrected chi connectivity index (χ0v) is 10.9. The monoisotopic (exact) mass is 262 g/mol. The number of carboxylic acids is 1. The molecule has 5 nitrogen and oxygen atoms in total. The standard InChI is InChI=1S/C10H22O3.C3H4O2/c11-8-4-1-2-6-10(13)7-3-5-9-12;1-2-3(4)5/h10-13H,1-9H2;2H,1H2,(H,4,5). The fraction of sp³-hybridized carbons (Fsp3) is 0.769. The van der Waals surface area contributed by atoms with E-state index >= 15 is 0 Å². The van der Waals surface area contributed by atoms with Gasteiger partial charge in [-0.1, -0.05) is 19.4 Å². The Balaban J connectivity index is 0. The Morgan fingerprint density at radius 1 is 1.00 bits per heavy atom. The average Bonchev–Trinajstić information content (AvgIpc) is 2.36. The fourth-order valence-corrected chi connectivity index (χ4v) is 1.30. The van der Waals surface area contributed by atoms with Crippen LogP contribution in [0.1, 0.15) is 44.9 Å². The SMILES string of the molecule is C=CC(=O)O.OCCCCCC(O)CCCCO. The number of rotatable bonds is 10. The van der Waals surface area contributed by atoms with Crippen LogP contribution in [0.15, 0.2) is 12.7 Å². The predicted molar refractivity (Wildman–Crippen MR) is 70.3 cm³/mol. The molecule has 5 heteroatoms. The summed E-state index contributed by atoms with van der Waals surface area (Å²) in [5.41, 5.74) is 0. The first-order valence-electron chi connectivity index (χ1n) is 6.33. The summed E-state index contributed by atoms with van der Waals surface area (Å²) < 4.78 is 0. The van der Waals surface area contributed by atoms with E-state index in [0.29, 0.717) is 0 Å². The van der Waals surface area contributed by atoms with Crippen LogP contribution in [-0.4, -0.2) is 45.7 Å². The normalized spacial score (nSPS) is 11.3. The first-order chi connectivity index (χ1) is 8.58. The molecule has 0 radical (unpaired) electrons. The van der Waals surface area contributed by atoms with Crippen molar-refractivity contribution in [2.75, 3.05) is 13.2 Å². The van der Waals surface area contributed by atoms with Gasteiger partial charge < -0.3 is 20.4 Å². The first kappa shape index (κ1) is 19.4. The van der Waals surface area contributed by atoms with Crippen LogP contribution in [0.3, 0.4) is 0 Å². The van der Waals surface area contributed by atoms with Gasteiger partial charge in [0, 0.05) is 19.3 Å². The molecule has 1 atom stereocenters. The highest BCUT2D eigenvalue weighted by Gasteiger charge is 2.02. The molecule has 0 aliphatic rings. The third kappa shape index (κ3) is 20.5. The number of carboxylic acid groups (broad SMARTS) is 1. The van der Waals surface area contributed by atoms with E-state index in [4.69, 9.17) is 15.3 Å². The van der Waals surface area contributed by atoms with Crippen molar-refractivity contribution in [2.45, 2.75) is 51.0 Å². The molecule has 0 fully saturated rings. The van der Waals surface area contributed by atoms with Crippen LogP contribution in [0.5, 0.6) is 0 Å². The lowest BCUT2D eigenvalue weighted by atomic mass is 10.1. The van der Waals surface area contributed by atoms with E-state index in [1.54, 1.807) is 0 Å². The van der Waals surface area contributed by atoms with Gasteiger partial charge in [-0.2, -0.15) is 0 Å². The molecule has 0 amide bonds. The van der Waals surface area contributed by atoms with E-state index in [-0.39, 0.29) is 19.3 Å². The maximum absolute atomic E-state index is 9.43. The van der Waals surface area contributed by atoms with Crippen LogP contribution in [0.4, 0.5) is 0 Å². The van der Waals surface area contributed by atoms with E-state index in [0.717, 1.165) is 51.0 Å². The Morgan fingerprint density at radius 3 is 1.78 bits per heavy atom. The maximum atomic E-state index is 9.43. The van der Waals surface area contributed by atoms with Crippen LogP contribution in [0, 0.1) is 0 Å². The Labute approximate surface area is 109 Å². The van der Waals surface area contributed by atoms with Crippen molar-refractivity contribution < 1.29 is 25.2 Å². The molecule has 0 bridgehead atoms. The molecule has 0 aromatic carbocycles. The quantitative estimate of drug-likeness (QED) is 0.351. The van der Waals surface area contributed by atoms with Gasteiger partial charge in [-0.25, -0.2) is 4.79 Å². The van der Waals surface area contributed by atoms with Gasteiger partial charge in [-0.05, 0) is 32.1 Å². The van der Waals surface area contributed by atoms with Gasteiger partial charge in [0.2, 0.25) is 0 Å². The van der Waals surface area contributed by atoms with E-state index in [9.17, 15) is 9.90 Å². The van der Waals surface area contributed by atoms with E-state index in [1.165, 1.54) is 0 Å². The van der Waals surface area contributed by atoms with Gasteiger partial charge >= 0.3 is 5.97 Å². The summed E-state index contributed by atoms with van der Waals surface area (Å²) in [5.74, 6) is -0.981. The van der Waals surface area contributed by atoms with Crippen molar-refractivity contribution in [3.8, 4) is 0 Å². The summed E-state index contributed by atoms with van der Waals surface area (Å²) in [4.78, 5) is 9.25. The number of unbranched alkanes of at least 4 members (excludes halogenated alkanes) is 3. The Hall–Kier alpha value is -0.910. The molecule has 0 aromatic heterocycles. The number of aliphatic hydroxyl groups is 3. The molecule has 1 unspecified atom stereocenters. The second-order valence-electron chi connectivity index (χ2n) is 3.99. The largest absolute Gasteiger partial charge is 0.478 e. The number of aliphatic hydroxyl groups excluding tert-OH is 3. The molecule has 0 aromatic rings. The molecule has 0 spiro atoms. The smallest absolute Gasteiger partial charge is 0.327 e. The van der Waals surface area contributed by atoms with Crippen molar-refractivity contribution in [3.05, 3.63) is 12.7 Å². The topological polar surface area (TPSA) is 98.0 Å². The molecule has 0 rings (SSSR count). The molecule has 108 valence electrons. The van der Waals surface area contributed by atoms with Crippen LogP contribution in [0.25, 0.3) is 0 Å². The van der Waals surface area contributed by atoms with Gasteiger partial charge in [-0.15, -0.1) is 0 Å². The maximum Gasteiger partial charge on any atom is 0.327 e. The molecule has 4 N–H and O–H groups in total. The summed E-state index contributed by atoms with van der Waals surface area (Å²) in [5, 5.41) is 34.1. The molecule has 0 aliphatic carbocycles. The summed E-state index contributed by atoms with van der Waals surface area (Å²) in [7, 11) is 0. The van der Waals surface area contributed by atoms with Crippen molar-refractivity contribution in [1.29, 1.82) is 0 Å². The average molecular weight is 262 g/mol. The molecule has 0 saturated heterocycles. The molecule has 0 aliphatic heterocycles. The molecule has 0 heterocycles. The number of carbonyl (C=O) groups is 1. The lowest BCUT2D eigenvalue weighted by Crippen LogP contribution is -2.06. The van der Waals surface area contributed by atoms with Gasteiger partial charge in [0.15, 0.2) is 0 Å². The second-order valence-corrected chi connectivity index (χ2v) is 3.99. The minimum atomic E-state index is -0.981. The lowest BCUT2D eigenvalue weighted by molar-refractivity contribution is -0.131. The molecule has 0 saturated carbocycles. The van der Waals surface area contributed by atoms with Crippen molar-refractivity contribution >= 4 is 5.97 Å². The number of hydrogen-bond donors (Lipinski definition) is 4. The number of hydrogen-bond acceptors (Lipinski definition) is 4. The Bertz CT molecular complexity index is 194. The van der Waals surface area contributed by atoms with Crippen LogP contribution < -0.4 is 0 Å². The summed E-state index contributed by atoms with van der Waals surface area (Å²) in [6, 6.07) is 0.